The quantitative estimate of drug-likeness (QED) is 0.887. The van der Waals surface area contributed by atoms with Crippen LogP contribution in [-0.4, -0.2) is 22.1 Å². The van der Waals surface area contributed by atoms with E-state index in [1.54, 1.807) is 6.33 Å². The van der Waals surface area contributed by atoms with Gasteiger partial charge in [-0.3, -0.25) is 0 Å². The van der Waals surface area contributed by atoms with Crippen LogP contribution >= 0.6 is 0 Å². The molecule has 5 heteroatoms. The van der Waals surface area contributed by atoms with Crippen LogP contribution in [0, 0.1) is 11.6 Å². The third-order valence-electron chi connectivity index (χ3n) is 2.57. The van der Waals surface area contributed by atoms with Gasteiger partial charge in [-0.1, -0.05) is 13.8 Å². The predicted octanol–water partition coefficient (Wildman–Crippen LogP) is 2.31. The minimum Gasteiger partial charge on any atom is -0.329 e. The monoisotopic (exact) mass is 239 g/mol. The summed E-state index contributed by atoms with van der Waals surface area (Å²) in [4.78, 5) is 4.05. The lowest BCUT2D eigenvalue weighted by atomic mass is 10.3. The number of rotatable bonds is 4. The van der Waals surface area contributed by atoms with E-state index in [1.807, 2.05) is 4.57 Å². The van der Waals surface area contributed by atoms with Crippen LogP contribution in [0.15, 0.2) is 18.5 Å². The van der Waals surface area contributed by atoms with Gasteiger partial charge in [-0.05, 0) is 0 Å². The molecule has 0 saturated heterocycles. The molecule has 1 N–H and O–H groups in total. The van der Waals surface area contributed by atoms with E-state index in [0.29, 0.717) is 23.6 Å². The molecule has 0 fully saturated rings. The van der Waals surface area contributed by atoms with Gasteiger partial charge in [0, 0.05) is 31.3 Å². The van der Waals surface area contributed by atoms with Crippen molar-refractivity contribution < 1.29 is 8.78 Å². The van der Waals surface area contributed by atoms with Crippen LogP contribution < -0.4 is 5.32 Å². The first-order valence-electron chi connectivity index (χ1n) is 5.61. The fourth-order valence-electron chi connectivity index (χ4n) is 1.71. The Labute approximate surface area is 98.5 Å². The second-order valence-electron chi connectivity index (χ2n) is 4.30. The van der Waals surface area contributed by atoms with Gasteiger partial charge in [-0.2, -0.15) is 0 Å². The average molecular weight is 239 g/mol. The van der Waals surface area contributed by atoms with Gasteiger partial charge in [0.05, 0.1) is 17.4 Å². The molecule has 3 nitrogen and oxygen atoms in total. The summed E-state index contributed by atoms with van der Waals surface area (Å²) < 4.78 is 27.9. The van der Waals surface area contributed by atoms with Gasteiger partial charge < -0.3 is 9.88 Å². The highest BCUT2D eigenvalue weighted by Crippen LogP contribution is 2.17. The summed E-state index contributed by atoms with van der Waals surface area (Å²) in [5, 5.41) is 3.26. The Kier molecular flexibility index (Phi) is 3.38. The van der Waals surface area contributed by atoms with Crippen molar-refractivity contribution in [3.63, 3.8) is 0 Å². The standard InChI is InChI=1S/C12H15F2N3/c1-8(2)15-3-4-17-7-16-11-5-9(13)10(14)6-12(11)17/h5-8,15H,3-4H2,1-2H3. The molecule has 0 bridgehead atoms. The van der Waals surface area contributed by atoms with Crippen LogP contribution in [0.3, 0.4) is 0 Å². The Morgan fingerprint density at radius 1 is 1.29 bits per heavy atom. The fourth-order valence-corrected chi connectivity index (χ4v) is 1.71. The molecule has 0 aliphatic carbocycles. The number of nitrogens with one attached hydrogen (secondary N) is 1. The highest BCUT2D eigenvalue weighted by atomic mass is 19.2. The summed E-state index contributed by atoms with van der Waals surface area (Å²) in [6.07, 6.45) is 1.60. The van der Waals surface area contributed by atoms with Crippen LogP contribution in [0.25, 0.3) is 11.0 Å². The number of aromatic nitrogens is 2. The Balaban J connectivity index is 2.21. The Hall–Kier alpha value is -1.49. The smallest absolute Gasteiger partial charge is 0.161 e. The maximum atomic E-state index is 13.1. The second-order valence-corrected chi connectivity index (χ2v) is 4.30. The van der Waals surface area contributed by atoms with E-state index >= 15 is 0 Å². The molecule has 0 radical (unpaired) electrons. The Morgan fingerprint density at radius 3 is 2.71 bits per heavy atom. The predicted molar refractivity (Wildman–Crippen MR) is 62.8 cm³/mol. The molecular weight excluding hydrogens is 224 g/mol. The molecule has 92 valence electrons. The molecule has 0 aliphatic rings. The lowest BCUT2D eigenvalue weighted by molar-refractivity contribution is 0.509. The highest BCUT2D eigenvalue weighted by molar-refractivity contribution is 5.75. The molecule has 1 heterocycles. The van der Waals surface area contributed by atoms with Gasteiger partial charge in [-0.15, -0.1) is 0 Å². The van der Waals surface area contributed by atoms with Crippen LogP contribution in [0.2, 0.25) is 0 Å². The molecule has 0 aliphatic heterocycles. The lowest BCUT2D eigenvalue weighted by Gasteiger charge is -2.09. The van der Waals surface area contributed by atoms with Gasteiger partial charge in [0.25, 0.3) is 0 Å². The molecule has 0 amide bonds. The molecule has 0 atom stereocenters. The zero-order valence-electron chi connectivity index (χ0n) is 9.87. The van der Waals surface area contributed by atoms with Crippen LogP contribution in [0.5, 0.6) is 0 Å². The Bertz CT molecular complexity index is 520. The highest BCUT2D eigenvalue weighted by Gasteiger charge is 2.08. The minimum absolute atomic E-state index is 0.402. The molecule has 1 aromatic carbocycles. The summed E-state index contributed by atoms with van der Waals surface area (Å²) in [6.45, 7) is 5.56. The van der Waals surface area contributed by atoms with E-state index < -0.39 is 11.6 Å². The second kappa shape index (κ2) is 4.79. The average Bonchev–Trinajstić information content (AvgIpc) is 2.62. The van der Waals surface area contributed by atoms with E-state index in [1.165, 1.54) is 6.07 Å². The van der Waals surface area contributed by atoms with E-state index in [-0.39, 0.29) is 0 Å². The van der Waals surface area contributed by atoms with Crippen molar-refractivity contribution in [3.8, 4) is 0 Å². The van der Waals surface area contributed by atoms with Crippen molar-refractivity contribution in [1.29, 1.82) is 0 Å². The van der Waals surface area contributed by atoms with Crippen molar-refractivity contribution in [2.45, 2.75) is 26.4 Å². The molecule has 0 spiro atoms. The lowest BCUT2D eigenvalue weighted by Crippen LogP contribution is -2.26. The zero-order valence-corrected chi connectivity index (χ0v) is 9.87. The van der Waals surface area contributed by atoms with E-state index in [9.17, 15) is 8.78 Å². The number of hydrogen-bond donors (Lipinski definition) is 1. The number of imidazole rings is 1. The molecule has 2 aromatic rings. The number of fused-ring (bicyclic) bond motifs is 1. The van der Waals surface area contributed by atoms with Crippen LogP contribution in [0.1, 0.15) is 13.8 Å². The summed E-state index contributed by atoms with van der Waals surface area (Å²) in [5.74, 6) is -1.70. The maximum Gasteiger partial charge on any atom is 0.161 e. The van der Waals surface area contributed by atoms with Crippen molar-refractivity contribution in [3.05, 3.63) is 30.1 Å². The van der Waals surface area contributed by atoms with Crippen LogP contribution in [-0.2, 0) is 6.54 Å². The largest absolute Gasteiger partial charge is 0.329 e. The van der Waals surface area contributed by atoms with E-state index in [4.69, 9.17) is 0 Å². The number of hydrogen-bond acceptors (Lipinski definition) is 2. The first-order valence-corrected chi connectivity index (χ1v) is 5.61. The SMILES string of the molecule is CC(C)NCCn1cnc2cc(F)c(F)cc21. The van der Waals surface area contributed by atoms with Gasteiger partial charge in [-0.25, -0.2) is 13.8 Å². The topological polar surface area (TPSA) is 29.9 Å². The first kappa shape index (κ1) is 12.0. The fraction of sp³-hybridized carbons (Fsp3) is 0.417. The summed E-state index contributed by atoms with van der Waals surface area (Å²) in [7, 11) is 0. The van der Waals surface area contributed by atoms with E-state index in [2.05, 4.69) is 24.1 Å². The summed E-state index contributed by atoms with van der Waals surface area (Å²) in [6, 6.07) is 2.71. The molecule has 1 aromatic heterocycles. The zero-order chi connectivity index (χ0) is 12.4. The van der Waals surface area contributed by atoms with E-state index in [0.717, 1.165) is 12.6 Å². The number of benzene rings is 1. The van der Waals surface area contributed by atoms with Gasteiger partial charge in [0.15, 0.2) is 11.6 Å². The van der Waals surface area contributed by atoms with Gasteiger partial charge in [0.2, 0.25) is 0 Å². The van der Waals surface area contributed by atoms with Crippen molar-refractivity contribution in [1.82, 2.24) is 14.9 Å². The summed E-state index contributed by atoms with van der Waals surface area (Å²) in [5.41, 5.74) is 1.10. The molecule has 0 saturated carbocycles. The third kappa shape index (κ3) is 2.61. The number of nitrogens with zero attached hydrogens (tertiary/aromatic N) is 2. The molecular formula is C12H15F2N3. The minimum atomic E-state index is -0.858. The first-order chi connectivity index (χ1) is 8.08. The van der Waals surface area contributed by atoms with Crippen LogP contribution in [0.4, 0.5) is 8.78 Å². The third-order valence-corrected chi connectivity index (χ3v) is 2.57. The number of halogens is 2. The summed E-state index contributed by atoms with van der Waals surface area (Å²) >= 11 is 0. The molecule has 2 rings (SSSR count). The molecule has 17 heavy (non-hydrogen) atoms. The van der Waals surface area contributed by atoms with Gasteiger partial charge >= 0.3 is 0 Å². The van der Waals surface area contributed by atoms with Crippen molar-refractivity contribution in [2.24, 2.45) is 0 Å². The molecule has 0 unspecified atom stereocenters. The van der Waals surface area contributed by atoms with Crippen molar-refractivity contribution >= 4 is 11.0 Å². The maximum absolute atomic E-state index is 13.1. The van der Waals surface area contributed by atoms with Gasteiger partial charge in [0.1, 0.15) is 0 Å². The Morgan fingerprint density at radius 2 is 2.00 bits per heavy atom. The van der Waals surface area contributed by atoms with Crippen molar-refractivity contribution in [2.75, 3.05) is 6.54 Å². The normalized spacial score (nSPS) is 11.6.